The van der Waals surface area contributed by atoms with Crippen LogP contribution in [0.2, 0.25) is 0 Å². The number of aromatic amines is 1. The molecule has 0 radical (unpaired) electrons. The summed E-state index contributed by atoms with van der Waals surface area (Å²) in [5.41, 5.74) is 6.68. The number of aliphatic carboxylic acids is 2. The number of hydrogen-bond acceptors (Lipinski definition) is 7. The number of benzene rings is 1. The highest BCUT2D eigenvalue weighted by molar-refractivity contribution is 5.95. The quantitative estimate of drug-likeness (QED) is 0.175. The Morgan fingerprint density at radius 3 is 2.06 bits per heavy atom. The van der Waals surface area contributed by atoms with Gasteiger partial charge in [-0.2, -0.15) is 0 Å². The number of amides is 3. The molecular formula is C22H28N6O7. The maximum atomic E-state index is 12.9. The zero-order chi connectivity index (χ0) is 26.0. The van der Waals surface area contributed by atoms with E-state index < -0.39 is 60.2 Å². The molecule has 1 aromatic carbocycles. The third kappa shape index (κ3) is 8.89. The van der Waals surface area contributed by atoms with E-state index >= 15 is 0 Å². The van der Waals surface area contributed by atoms with Gasteiger partial charge in [-0.15, -0.1) is 0 Å². The predicted octanol–water partition coefficient (Wildman–Crippen LogP) is -1.44. The Hall–Kier alpha value is -4.26. The smallest absolute Gasteiger partial charge is 0.326 e. The third-order valence-corrected chi connectivity index (χ3v) is 4.93. The number of aromatic nitrogens is 2. The number of carbonyl (C=O) groups excluding carboxylic acids is 3. The molecule has 0 aliphatic carbocycles. The van der Waals surface area contributed by atoms with E-state index in [1.165, 1.54) is 19.4 Å². The van der Waals surface area contributed by atoms with Gasteiger partial charge in [0.05, 0.1) is 18.8 Å². The van der Waals surface area contributed by atoms with Crippen molar-refractivity contribution in [3.8, 4) is 0 Å². The van der Waals surface area contributed by atoms with Gasteiger partial charge in [-0.05, 0) is 12.5 Å². The molecule has 0 aliphatic heterocycles. The standard InChI is InChI=1S/C22H28N6O7/c1-12(23)19(31)26-15(8-14-10-24-11-25-14)20(32)27-16(9-18(29)30)21(33)28-17(22(34)35)7-13-5-3-2-4-6-13/h2-6,10-12,15-17H,7-9,23H2,1H3,(H,24,25)(H,26,31)(H,27,32)(H,28,33)(H,29,30)(H,34,35)/t12-,15-,16-,17-/m0/s1. The summed E-state index contributed by atoms with van der Waals surface area (Å²) >= 11 is 0. The summed E-state index contributed by atoms with van der Waals surface area (Å²) in [5, 5.41) is 25.8. The number of nitrogens with two attached hydrogens (primary N) is 1. The van der Waals surface area contributed by atoms with Crippen LogP contribution in [0.1, 0.15) is 24.6 Å². The van der Waals surface area contributed by atoms with Gasteiger partial charge in [-0.3, -0.25) is 19.2 Å². The van der Waals surface area contributed by atoms with Gasteiger partial charge in [0, 0.05) is 24.7 Å². The predicted molar refractivity (Wildman–Crippen MR) is 122 cm³/mol. The van der Waals surface area contributed by atoms with E-state index in [9.17, 15) is 34.2 Å². The molecule has 13 heteroatoms. The topological polar surface area (TPSA) is 217 Å². The first-order valence-electron chi connectivity index (χ1n) is 10.7. The number of carboxylic acid groups (broad SMARTS) is 2. The lowest BCUT2D eigenvalue weighted by atomic mass is 10.0. The monoisotopic (exact) mass is 488 g/mol. The third-order valence-electron chi connectivity index (χ3n) is 4.93. The van der Waals surface area contributed by atoms with Gasteiger partial charge in [-0.1, -0.05) is 30.3 Å². The molecule has 0 saturated carbocycles. The van der Waals surface area contributed by atoms with Crippen LogP contribution in [0.5, 0.6) is 0 Å². The van der Waals surface area contributed by atoms with E-state index in [1.807, 2.05) is 0 Å². The number of nitrogens with one attached hydrogen (secondary N) is 4. The summed E-state index contributed by atoms with van der Waals surface area (Å²) in [7, 11) is 0. The molecule has 2 aromatic rings. The molecule has 4 atom stereocenters. The van der Waals surface area contributed by atoms with Crippen molar-refractivity contribution in [3.05, 3.63) is 54.1 Å². The Morgan fingerprint density at radius 1 is 0.914 bits per heavy atom. The van der Waals surface area contributed by atoms with Crippen LogP contribution in [-0.2, 0) is 36.8 Å². The second-order valence-electron chi connectivity index (χ2n) is 7.88. The van der Waals surface area contributed by atoms with Crippen molar-refractivity contribution in [2.24, 2.45) is 5.73 Å². The summed E-state index contributed by atoms with van der Waals surface area (Å²) in [6.07, 6.45) is 1.89. The number of carbonyl (C=O) groups is 5. The largest absolute Gasteiger partial charge is 0.481 e. The molecule has 2 rings (SSSR count). The number of H-pyrrole nitrogens is 1. The molecule has 0 unspecified atom stereocenters. The number of nitrogens with zero attached hydrogens (tertiary/aromatic N) is 1. The highest BCUT2D eigenvalue weighted by Crippen LogP contribution is 2.06. The second kappa shape index (κ2) is 12.8. The van der Waals surface area contributed by atoms with Crippen molar-refractivity contribution in [1.29, 1.82) is 0 Å². The molecule has 1 aromatic heterocycles. The average molecular weight is 489 g/mol. The van der Waals surface area contributed by atoms with Crippen LogP contribution in [0.25, 0.3) is 0 Å². The molecule has 13 nitrogen and oxygen atoms in total. The summed E-state index contributed by atoms with van der Waals surface area (Å²) in [4.78, 5) is 67.5. The summed E-state index contributed by atoms with van der Waals surface area (Å²) in [6, 6.07) is 3.42. The SMILES string of the molecule is C[C@H](N)C(=O)N[C@@H](Cc1cnc[nH]1)C(=O)N[C@@H](CC(=O)O)C(=O)N[C@@H](Cc1ccccc1)C(=O)O. The van der Waals surface area contributed by atoms with Crippen molar-refractivity contribution in [2.75, 3.05) is 0 Å². The van der Waals surface area contributed by atoms with Crippen molar-refractivity contribution in [3.63, 3.8) is 0 Å². The fourth-order valence-electron chi connectivity index (χ4n) is 3.11. The molecule has 0 spiro atoms. The molecule has 0 fully saturated rings. The first-order valence-corrected chi connectivity index (χ1v) is 10.7. The molecular weight excluding hydrogens is 460 g/mol. The summed E-state index contributed by atoms with van der Waals surface area (Å²) in [5.74, 6) is -5.22. The lowest BCUT2D eigenvalue weighted by Gasteiger charge is -2.24. The number of rotatable bonds is 13. The van der Waals surface area contributed by atoms with Gasteiger partial charge in [0.2, 0.25) is 17.7 Å². The average Bonchev–Trinajstić information content (AvgIpc) is 3.31. The van der Waals surface area contributed by atoms with Gasteiger partial charge >= 0.3 is 11.9 Å². The fourth-order valence-corrected chi connectivity index (χ4v) is 3.11. The van der Waals surface area contributed by atoms with E-state index in [-0.39, 0.29) is 12.8 Å². The number of imidazole rings is 1. The first-order chi connectivity index (χ1) is 16.6. The van der Waals surface area contributed by atoms with E-state index in [0.29, 0.717) is 11.3 Å². The van der Waals surface area contributed by atoms with Gasteiger partial charge in [0.15, 0.2) is 0 Å². The molecule has 188 valence electrons. The molecule has 3 amide bonds. The Balaban J connectivity index is 2.17. The zero-order valence-corrected chi connectivity index (χ0v) is 18.9. The second-order valence-corrected chi connectivity index (χ2v) is 7.88. The van der Waals surface area contributed by atoms with Crippen molar-refractivity contribution < 1.29 is 34.2 Å². The van der Waals surface area contributed by atoms with Crippen LogP contribution in [-0.4, -0.2) is 74.0 Å². The van der Waals surface area contributed by atoms with Crippen LogP contribution in [0, 0.1) is 0 Å². The first kappa shape index (κ1) is 27.0. The Bertz CT molecular complexity index is 1030. The Kier molecular flexibility index (Phi) is 9.90. The number of hydrogen-bond donors (Lipinski definition) is 7. The molecule has 0 bridgehead atoms. The van der Waals surface area contributed by atoms with Gasteiger partial charge < -0.3 is 36.9 Å². The minimum Gasteiger partial charge on any atom is -0.481 e. The molecule has 0 aliphatic rings. The van der Waals surface area contributed by atoms with Crippen molar-refractivity contribution in [1.82, 2.24) is 25.9 Å². The lowest BCUT2D eigenvalue weighted by Crippen LogP contribution is -2.58. The van der Waals surface area contributed by atoms with Gasteiger partial charge in [0.1, 0.15) is 18.1 Å². The van der Waals surface area contributed by atoms with E-state index in [4.69, 9.17) is 5.73 Å². The lowest BCUT2D eigenvalue weighted by molar-refractivity contribution is -0.143. The molecule has 35 heavy (non-hydrogen) atoms. The zero-order valence-electron chi connectivity index (χ0n) is 18.9. The summed E-state index contributed by atoms with van der Waals surface area (Å²) in [6.45, 7) is 1.42. The van der Waals surface area contributed by atoms with Crippen LogP contribution in [0.4, 0.5) is 0 Å². The van der Waals surface area contributed by atoms with Crippen molar-refractivity contribution in [2.45, 2.75) is 50.4 Å². The molecule has 1 heterocycles. The van der Waals surface area contributed by atoms with E-state index in [2.05, 4.69) is 25.9 Å². The fraction of sp³-hybridized carbons (Fsp3) is 0.364. The highest BCUT2D eigenvalue weighted by atomic mass is 16.4. The normalized spacial score (nSPS) is 14.1. The van der Waals surface area contributed by atoms with Crippen LogP contribution >= 0.6 is 0 Å². The highest BCUT2D eigenvalue weighted by Gasteiger charge is 2.31. The van der Waals surface area contributed by atoms with Gasteiger partial charge in [0.25, 0.3) is 0 Å². The van der Waals surface area contributed by atoms with E-state index in [0.717, 1.165) is 0 Å². The Morgan fingerprint density at radius 2 is 1.51 bits per heavy atom. The van der Waals surface area contributed by atoms with Crippen LogP contribution in [0.3, 0.4) is 0 Å². The number of carboxylic acids is 2. The van der Waals surface area contributed by atoms with Crippen LogP contribution < -0.4 is 21.7 Å². The minimum atomic E-state index is -1.60. The minimum absolute atomic E-state index is 0.0442. The Labute approximate surface area is 200 Å². The van der Waals surface area contributed by atoms with Gasteiger partial charge in [-0.25, -0.2) is 9.78 Å². The van der Waals surface area contributed by atoms with Crippen LogP contribution in [0.15, 0.2) is 42.9 Å². The molecule has 8 N–H and O–H groups in total. The molecule has 0 saturated heterocycles. The van der Waals surface area contributed by atoms with E-state index in [1.54, 1.807) is 30.3 Å². The maximum Gasteiger partial charge on any atom is 0.326 e. The van der Waals surface area contributed by atoms with Crippen molar-refractivity contribution >= 4 is 29.7 Å². The summed E-state index contributed by atoms with van der Waals surface area (Å²) < 4.78 is 0. The maximum absolute atomic E-state index is 12.9.